The number of hydrogen-bond acceptors (Lipinski definition) is 3. The molecule has 0 bridgehead atoms. The van der Waals surface area contributed by atoms with Crippen molar-refractivity contribution in [3.63, 3.8) is 0 Å². The van der Waals surface area contributed by atoms with Crippen molar-refractivity contribution in [2.24, 2.45) is 0 Å². The molecule has 0 aromatic heterocycles. The van der Waals surface area contributed by atoms with Crippen LogP contribution in [0, 0.1) is 0 Å². The summed E-state index contributed by atoms with van der Waals surface area (Å²) in [5, 5.41) is 11.7. The predicted molar refractivity (Wildman–Crippen MR) is 42.9 cm³/mol. The van der Waals surface area contributed by atoms with Crippen LogP contribution in [0.15, 0.2) is 0 Å². The van der Waals surface area contributed by atoms with Gasteiger partial charge >= 0.3 is 6.09 Å². The Hall–Kier alpha value is -1.30. The van der Waals surface area contributed by atoms with E-state index < -0.39 is 12.1 Å². The zero-order valence-corrected chi connectivity index (χ0v) is 7.48. The number of carboxylic acid groups (broad SMARTS) is 1. The maximum absolute atomic E-state index is 11.4. The number of amides is 2. The number of nitrogens with one attached hydrogen (secondary N) is 1. The van der Waals surface area contributed by atoms with Crippen molar-refractivity contribution in [1.29, 1.82) is 0 Å². The number of carbonyl (C=O) groups excluding carboxylic acids is 1. The average Bonchev–Trinajstić information content (AvgIpc) is 2.26. The Morgan fingerprint density at radius 1 is 1.77 bits per heavy atom. The van der Waals surface area contributed by atoms with Crippen LogP contribution in [0.2, 0.25) is 0 Å². The Balaban J connectivity index is 2.62. The number of hydroxylamine groups is 2. The number of carbonyl (C=O) groups is 2. The van der Waals surface area contributed by atoms with E-state index in [4.69, 9.17) is 9.94 Å². The summed E-state index contributed by atoms with van der Waals surface area (Å²) in [7, 11) is 1.39. The molecule has 2 N–H and O–H groups in total. The molecule has 1 fully saturated rings. The van der Waals surface area contributed by atoms with Crippen molar-refractivity contribution < 1.29 is 19.5 Å². The van der Waals surface area contributed by atoms with Gasteiger partial charge in [-0.15, -0.1) is 0 Å². The van der Waals surface area contributed by atoms with Crippen molar-refractivity contribution in [2.75, 3.05) is 7.11 Å². The molecule has 0 aliphatic carbocycles. The quantitative estimate of drug-likeness (QED) is 0.629. The van der Waals surface area contributed by atoms with Gasteiger partial charge in [0.05, 0.1) is 13.2 Å². The highest BCUT2D eigenvalue weighted by molar-refractivity contribution is 5.86. The second kappa shape index (κ2) is 3.61. The minimum absolute atomic E-state index is 0.0886. The molecule has 0 radical (unpaired) electrons. The van der Waals surface area contributed by atoms with E-state index in [-0.39, 0.29) is 11.9 Å². The minimum Gasteiger partial charge on any atom is -0.465 e. The largest absolute Gasteiger partial charge is 0.465 e. The van der Waals surface area contributed by atoms with Crippen LogP contribution in [-0.2, 0) is 9.63 Å². The maximum Gasteiger partial charge on any atom is 0.405 e. The van der Waals surface area contributed by atoms with Gasteiger partial charge in [0, 0.05) is 0 Å². The van der Waals surface area contributed by atoms with Crippen molar-refractivity contribution in [3.05, 3.63) is 0 Å². The van der Waals surface area contributed by atoms with Gasteiger partial charge in [-0.3, -0.25) is 9.63 Å². The molecule has 1 rings (SSSR count). The van der Waals surface area contributed by atoms with Crippen LogP contribution in [0.4, 0.5) is 4.79 Å². The fraction of sp³-hybridized carbons (Fsp3) is 0.714. The highest BCUT2D eigenvalue weighted by atomic mass is 16.7. The van der Waals surface area contributed by atoms with Crippen LogP contribution >= 0.6 is 0 Å². The lowest BCUT2D eigenvalue weighted by atomic mass is 10.2. The van der Waals surface area contributed by atoms with Crippen LogP contribution in [0.3, 0.4) is 0 Å². The third-order valence-corrected chi connectivity index (χ3v) is 1.99. The first kappa shape index (κ1) is 9.79. The van der Waals surface area contributed by atoms with E-state index >= 15 is 0 Å². The van der Waals surface area contributed by atoms with Gasteiger partial charge in [-0.2, -0.15) is 0 Å². The van der Waals surface area contributed by atoms with Gasteiger partial charge in [0.15, 0.2) is 0 Å². The summed E-state index contributed by atoms with van der Waals surface area (Å²) in [5.74, 6) is -0.336. The summed E-state index contributed by atoms with van der Waals surface area (Å²) in [6.07, 6.45) is -0.748. The minimum atomic E-state index is -1.19. The molecule has 0 aromatic carbocycles. The Morgan fingerprint density at radius 3 is 2.77 bits per heavy atom. The Morgan fingerprint density at radius 2 is 2.38 bits per heavy atom. The van der Waals surface area contributed by atoms with E-state index in [0.29, 0.717) is 6.42 Å². The van der Waals surface area contributed by atoms with Gasteiger partial charge in [-0.05, 0) is 13.3 Å². The Labute approximate surface area is 75.4 Å². The summed E-state index contributed by atoms with van der Waals surface area (Å²) >= 11 is 0. The predicted octanol–water partition coefficient (Wildman–Crippen LogP) is -0.195. The number of hydrogen-bond donors (Lipinski definition) is 2. The molecular formula is C7H12N2O4. The van der Waals surface area contributed by atoms with Crippen LogP contribution in [-0.4, -0.2) is 41.4 Å². The molecule has 0 saturated carbocycles. The Bertz CT molecular complexity index is 231. The monoisotopic (exact) mass is 188 g/mol. The SMILES string of the molecule is CON1C(=O)C(NC(=O)O)CC1C. The molecule has 2 amide bonds. The third kappa shape index (κ3) is 1.89. The fourth-order valence-electron chi connectivity index (χ4n) is 1.45. The average molecular weight is 188 g/mol. The molecule has 0 aromatic rings. The van der Waals surface area contributed by atoms with E-state index in [1.807, 2.05) is 0 Å². The molecule has 13 heavy (non-hydrogen) atoms. The zero-order chi connectivity index (χ0) is 10.0. The first-order valence-corrected chi connectivity index (χ1v) is 3.93. The molecule has 2 unspecified atom stereocenters. The molecule has 1 saturated heterocycles. The lowest BCUT2D eigenvalue weighted by Gasteiger charge is -2.17. The van der Waals surface area contributed by atoms with Crippen molar-refractivity contribution in [2.45, 2.75) is 25.4 Å². The van der Waals surface area contributed by atoms with E-state index in [1.165, 1.54) is 12.2 Å². The van der Waals surface area contributed by atoms with Gasteiger partial charge in [0.25, 0.3) is 5.91 Å². The van der Waals surface area contributed by atoms with E-state index in [0.717, 1.165) is 0 Å². The lowest BCUT2D eigenvalue weighted by molar-refractivity contribution is -0.176. The second-order valence-electron chi connectivity index (χ2n) is 2.93. The molecular weight excluding hydrogens is 176 g/mol. The first-order chi connectivity index (χ1) is 6.06. The molecule has 6 nitrogen and oxygen atoms in total. The molecule has 6 heteroatoms. The van der Waals surface area contributed by atoms with Crippen LogP contribution < -0.4 is 5.32 Å². The van der Waals surface area contributed by atoms with Crippen molar-refractivity contribution >= 4 is 12.0 Å². The first-order valence-electron chi connectivity index (χ1n) is 3.93. The van der Waals surface area contributed by atoms with Gasteiger partial charge in [-0.25, -0.2) is 9.86 Å². The van der Waals surface area contributed by atoms with Crippen LogP contribution in [0.25, 0.3) is 0 Å². The summed E-state index contributed by atoms with van der Waals surface area (Å²) in [5.41, 5.74) is 0. The lowest BCUT2D eigenvalue weighted by Crippen LogP contribution is -2.40. The summed E-state index contributed by atoms with van der Waals surface area (Å²) in [4.78, 5) is 26.4. The van der Waals surface area contributed by atoms with Crippen molar-refractivity contribution in [3.8, 4) is 0 Å². The molecule has 2 atom stereocenters. The smallest absolute Gasteiger partial charge is 0.405 e. The molecule has 1 aliphatic heterocycles. The van der Waals surface area contributed by atoms with Crippen LogP contribution in [0.1, 0.15) is 13.3 Å². The van der Waals surface area contributed by atoms with E-state index in [2.05, 4.69) is 5.32 Å². The standard InChI is InChI=1S/C7H12N2O4/c1-4-3-5(8-7(11)12)6(10)9(4)13-2/h4-5,8H,3H2,1-2H3,(H,11,12). The summed E-state index contributed by atoms with van der Waals surface area (Å²) in [6, 6.07) is -0.762. The van der Waals surface area contributed by atoms with E-state index in [1.54, 1.807) is 6.92 Å². The fourth-order valence-corrected chi connectivity index (χ4v) is 1.45. The molecule has 74 valence electrons. The number of nitrogens with zero attached hydrogens (tertiary/aromatic N) is 1. The molecule has 0 spiro atoms. The topological polar surface area (TPSA) is 78.9 Å². The van der Waals surface area contributed by atoms with Gasteiger partial charge < -0.3 is 10.4 Å². The maximum atomic E-state index is 11.4. The van der Waals surface area contributed by atoms with Crippen molar-refractivity contribution in [1.82, 2.24) is 10.4 Å². The molecule has 1 aliphatic rings. The normalized spacial score (nSPS) is 27.8. The summed E-state index contributed by atoms with van der Waals surface area (Å²) in [6.45, 7) is 1.80. The van der Waals surface area contributed by atoms with Gasteiger partial charge in [0.2, 0.25) is 0 Å². The van der Waals surface area contributed by atoms with Gasteiger partial charge in [0.1, 0.15) is 6.04 Å². The highest BCUT2D eigenvalue weighted by Crippen LogP contribution is 2.18. The second-order valence-corrected chi connectivity index (χ2v) is 2.93. The highest BCUT2D eigenvalue weighted by Gasteiger charge is 2.38. The van der Waals surface area contributed by atoms with Gasteiger partial charge in [-0.1, -0.05) is 0 Å². The Kier molecular flexibility index (Phi) is 2.72. The van der Waals surface area contributed by atoms with Crippen LogP contribution in [0.5, 0.6) is 0 Å². The third-order valence-electron chi connectivity index (χ3n) is 1.99. The summed E-state index contributed by atoms with van der Waals surface area (Å²) < 4.78 is 0. The zero-order valence-electron chi connectivity index (χ0n) is 7.48. The number of rotatable bonds is 2. The van der Waals surface area contributed by atoms with E-state index in [9.17, 15) is 9.59 Å². The molecule has 1 heterocycles.